The van der Waals surface area contributed by atoms with Gasteiger partial charge in [-0.25, -0.2) is 0 Å². The zero-order valence-electron chi connectivity index (χ0n) is 24.0. The van der Waals surface area contributed by atoms with E-state index in [9.17, 15) is 6.40 Å². The summed E-state index contributed by atoms with van der Waals surface area (Å²) in [5, 5.41) is 0. The van der Waals surface area contributed by atoms with Crippen LogP contribution in [0.5, 0.6) is 0 Å². The summed E-state index contributed by atoms with van der Waals surface area (Å²) in [7, 11) is 0. The summed E-state index contributed by atoms with van der Waals surface area (Å²) >= 11 is -15.1. The Balaban J connectivity index is -0.0000000854. The van der Waals surface area contributed by atoms with Crippen molar-refractivity contribution in [3.8, 4) is 0 Å². The number of hydrogen-bond donors (Lipinski definition) is 0. The predicted molar refractivity (Wildman–Crippen MR) is 187 cm³/mol. The molecule has 6 radical (unpaired) electrons. The van der Waals surface area contributed by atoms with E-state index >= 15 is 0 Å². The molecule has 0 aromatic heterocycles. The van der Waals surface area contributed by atoms with Gasteiger partial charge < -0.3 is 0 Å². The summed E-state index contributed by atoms with van der Waals surface area (Å²) in [6.07, 6.45) is 0. The molecular formula is C18H18Br3Cl6NO18Sb6-10. The van der Waals surface area contributed by atoms with E-state index in [1.54, 1.807) is 0 Å². The molecule has 0 saturated carbocycles. The van der Waals surface area contributed by atoms with Crippen molar-refractivity contribution in [3.63, 3.8) is 0 Å². The molecule has 0 heterocycles. The summed E-state index contributed by atoms with van der Waals surface area (Å²) in [6.45, 7) is 0. The van der Waals surface area contributed by atoms with Crippen LogP contribution < -0.4 is 41.9 Å². The summed E-state index contributed by atoms with van der Waals surface area (Å²) in [5.74, 6) is 0. The van der Waals surface area contributed by atoms with Crippen LogP contribution in [0.15, 0.2) is 86.2 Å². The van der Waals surface area contributed by atoms with Gasteiger partial charge in [0, 0.05) is 0 Å². The van der Waals surface area contributed by atoms with Gasteiger partial charge in [-0.3, -0.25) is 0 Å². The van der Waals surface area contributed by atoms with Crippen molar-refractivity contribution in [3.05, 3.63) is 86.2 Å². The molecule has 0 amide bonds. The van der Waals surface area contributed by atoms with E-state index in [0.717, 1.165) is 13.4 Å². The Bertz CT molecular complexity index is 1250. The molecule has 0 saturated heterocycles. The summed E-state index contributed by atoms with van der Waals surface area (Å²) in [5.41, 5.74) is 2.04. The molecule has 3 rings (SSSR count). The molecule has 0 aliphatic rings. The number of halogens is 9. The van der Waals surface area contributed by atoms with Gasteiger partial charge >= 0.3 is 340 Å². The van der Waals surface area contributed by atoms with Crippen LogP contribution in [-0.4, -0.2) is 126 Å². The summed E-state index contributed by atoms with van der Waals surface area (Å²) in [6, 6.07) is 22.2. The van der Waals surface area contributed by atoms with Crippen molar-refractivity contribution in [2.75, 3.05) is 0 Å². The van der Waals surface area contributed by atoms with Crippen LogP contribution in [0.25, 0.3) is 0 Å². The third kappa shape index (κ3) is 46.7. The van der Waals surface area contributed by atoms with Gasteiger partial charge in [-0.05, 0) is 0 Å². The van der Waals surface area contributed by atoms with Gasteiger partial charge in [0.1, 0.15) is 0 Å². The molecule has 34 heteroatoms. The van der Waals surface area contributed by atoms with Crippen LogP contribution in [-0.2, 0) is 21.2 Å². The van der Waals surface area contributed by atoms with Crippen LogP contribution in [0.3, 0.4) is 0 Å². The van der Waals surface area contributed by atoms with Crippen LogP contribution in [0.4, 0.5) is 17.1 Å². The number of nitrogens with zero attached hydrogens (tertiary/aromatic N) is 1. The second-order valence-electron chi connectivity index (χ2n) is 6.46. The van der Waals surface area contributed by atoms with Crippen LogP contribution in [0.2, 0.25) is 0 Å². The Morgan fingerprint density at radius 3 is 0.615 bits per heavy atom. The minimum atomic E-state index is -4.36. The molecule has 19 nitrogen and oxygen atoms in total. The van der Waals surface area contributed by atoms with Gasteiger partial charge in [-0.2, -0.15) is 0 Å². The third-order valence-electron chi connectivity index (χ3n) is 3.76. The molecule has 0 spiro atoms. The van der Waals surface area contributed by atoms with Crippen molar-refractivity contribution >= 4 is 266 Å². The van der Waals surface area contributed by atoms with Gasteiger partial charge in [0.2, 0.25) is 0 Å². The first-order chi connectivity index (χ1) is 21.1. The summed E-state index contributed by atoms with van der Waals surface area (Å²) in [4.78, 5) is 0. The van der Waals surface area contributed by atoms with Crippen molar-refractivity contribution in [2.45, 2.75) is 0 Å². The molecule has 0 bridgehead atoms. The second-order valence-corrected chi connectivity index (χ2v) is 17.3. The molecule has 3 aromatic rings. The Morgan fingerprint density at radius 1 is 0.365 bits per heavy atom. The van der Waals surface area contributed by atoms with Crippen molar-refractivity contribution in [1.29, 1.82) is 0 Å². The predicted octanol–water partition coefficient (Wildman–Crippen LogP) is -6.21. The Hall–Kier alpha value is 4.03. The zero-order chi connectivity index (χ0) is 36.6. The van der Waals surface area contributed by atoms with Crippen LogP contribution in [0.1, 0.15) is 0 Å². The molecule has 0 unspecified atom stereocenters. The zero-order valence-corrected chi connectivity index (χ0v) is 49.0. The molecule has 0 fully saturated rings. The van der Waals surface area contributed by atoms with Crippen LogP contribution in [0, 0.1) is 0 Å². The fourth-order valence-corrected chi connectivity index (χ4v) is 4.81. The van der Waals surface area contributed by atoms with Gasteiger partial charge in [-0.1, -0.05) is 0 Å². The maximum atomic E-state index is 11.8. The van der Waals surface area contributed by atoms with E-state index in [0.29, 0.717) is 17.1 Å². The first kappa shape index (κ1) is 76.7. The number of benzene rings is 3. The Kier molecular flexibility index (Phi) is 68.0. The first-order valence-corrected chi connectivity index (χ1v) is 31.3. The molecule has 0 aliphatic heterocycles. The van der Waals surface area contributed by atoms with E-state index in [4.69, 9.17) is 52.1 Å². The van der Waals surface area contributed by atoms with E-state index in [-0.39, 0.29) is 79.1 Å². The molecular weight excluding hydrogens is 1700 g/mol. The first-order valence-electron chi connectivity index (χ1n) is 10.2. The number of rotatable bonds is 5. The van der Waals surface area contributed by atoms with Crippen molar-refractivity contribution in [2.24, 2.45) is 0 Å². The minimum absolute atomic E-state index is 0. The van der Waals surface area contributed by atoms with Gasteiger partial charge in [0.25, 0.3) is 0 Å². The maximum absolute atomic E-state index is 11.8. The fraction of sp³-hybridized carbons (Fsp3) is 0. The van der Waals surface area contributed by atoms with E-state index < -0.39 is 126 Å². The topological polar surface area (TPSA) is 365 Å². The van der Waals surface area contributed by atoms with E-state index in [1.165, 1.54) is 0 Å². The molecule has 0 atom stereocenters. The molecule has 3 aromatic carbocycles. The third-order valence-corrected chi connectivity index (χ3v) is 6.43. The van der Waals surface area contributed by atoms with Gasteiger partial charge in [0.15, 0.2) is 0 Å². The van der Waals surface area contributed by atoms with E-state index in [2.05, 4.69) is 47.8 Å². The standard InChI is InChI=1S/C18H12Br3NO.6ClH.17O.6Sb/c19-13-1-7-16(8-2-13)22(23,17-9-3-14(20)4-10-17)18-11-5-15(21)6-12-18;;;;;;;;;;;;;;;;;;;;;;;;;;;;;/h1-12H;6*1H;;;;;;;;;;;;;;;;;;;;;;;/q;;;;;;;;;;;;;11*-1;;;;;;+1. The molecule has 52 heavy (non-hydrogen) atoms. The average molecular weight is 1720 g/mol. The second kappa shape index (κ2) is 46.1. The molecule has 0 aliphatic carbocycles. The van der Waals surface area contributed by atoms with Crippen LogP contribution >= 0.6 is 122 Å². The van der Waals surface area contributed by atoms with Crippen molar-refractivity contribution < 1.29 is 58.5 Å². The number of hydrogen-bond acceptors (Lipinski definition) is 18. The normalized spacial score (nSPS) is 8.19. The average Bonchev–Trinajstić information content (AvgIpc) is 2.87. The van der Waals surface area contributed by atoms with Gasteiger partial charge in [-0.15, -0.1) is 74.4 Å². The fourth-order valence-electron chi connectivity index (χ4n) is 2.64. The molecule has 0 N–H and O–H groups in total. The van der Waals surface area contributed by atoms with Gasteiger partial charge in [0.05, 0.1) is 0 Å². The Morgan fingerprint density at radius 2 is 0.500 bits per heavy atom. The quantitative estimate of drug-likeness (QED) is 0.130. The van der Waals surface area contributed by atoms with Crippen molar-refractivity contribution in [1.82, 2.24) is 4.65 Å². The molecule has 306 valence electrons. The SMILES string of the molecule is Cl.Cl.Cl.Cl.Cl.Cl.[O]=[Sb]([O-])[O-].[O]=[Sb]([O-])[O-].[O]=[Sb]([O-])[O-].[O]=[Sb]([O-])[O-].[O]=[Sb]([O-])[O-].[O]=[Sb]([O-])[O][N+](c1ccc(Br)cc1)(c1ccc(Br)cc1)c1ccc(Br)cc1. The Labute approximate surface area is 407 Å². The monoisotopic (exact) mass is 1710 g/mol. The van der Waals surface area contributed by atoms with E-state index in [1.807, 2.05) is 72.8 Å². The number of quaternary nitrogens is 1. The summed E-state index contributed by atoms with van der Waals surface area (Å²) < 4.78 is 161.